The quantitative estimate of drug-likeness (QED) is 0.499. The molecule has 0 radical (unpaired) electrons. The highest BCUT2D eigenvalue weighted by molar-refractivity contribution is 7.99. The van der Waals surface area contributed by atoms with E-state index in [1.807, 2.05) is 36.4 Å². The molecule has 0 amide bonds. The van der Waals surface area contributed by atoms with Gasteiger partial charge in [0.25, 0.3) is 0 Å². The highest BCUT2D eigenvalue weighted by atomic mass is 32.2. The average Bonchev–Trinajstić information content (AvgIpc) is 2.44. The van der Waals surface area contributed by atoms with E-state index in [4.69, 9.17) is 10.5 Å². The van der Waals surface area contributed by atoms with Crippen LogP contribution in [0.25, 0.3) is 11.4 Å². The molecule has 1 aromatic carbocycles. The van der Waals surface area contributed by atoms with Crippen LogP contribution in [0, 0.1) is 0 Å². The normalized spacial score (nSPS) is 10.6. The minimum absolute atomic E-state index is 0.503. The third-order valence-corrected chi connectivity index (χ3v) is 3.49. The van der Waals surface area contributed by atoms with Gasteiger partial charge in [-0.25, -0.2) is 9.97 Å². The van der Waals surface area contributed by atoms with E-state index in [0.717, 1.165) is 29.4 Å². The van der Waals surface area contributed by atoms with Gasteiger partial charge >= 0.3 is 0 Å². The number of anilines is 1. The summed E-state index contributed by atoms with van der Waals surface area (Å²) in [4.78, 5) is 8.81. The number of hydrogen-bond donors (Lipinski definition) is 1. The van der Waals surface area contributed by atoms with Crippen molar-refractivity contribution >= 4 is 17.6 Å². The molecule has 0 spiro atoms. The molecule has 0 saturated heterocycles. The van der Waals surface area contributed by atoms with Crippen molar-refractivity contribution in [1.29, 1.82) is 0 Å². The molecular weight excluding hydrogens is 258 g/mol. The van der Waals surface area contributed by atoms with Gasteiger partial charge in [-0.05, 0) is 6.42 Å². The van der Waals surface area contributed by atoms with Crippen LogP contribution >= 0.6 is 11.8 Å². The Kier molecular flexibility index (Phi) is 5.18. The van der Waals surface area contributed by atoms with Crippen LogP contribution < -0.4 is 5.73 Å². The monoisotopic (exact) mass is 275 g/mol. The molecule has 0 aliphatic rings. The molecule has 0 bridgehead atoms. The molecule has 2 rings (SSSR count). The van der Waals surface area contributed by atoms with Crippen LogP contribution in [0.5, 0.6) is 0 Å². The van der Waals surface area contributed by atoms with Crippen LogP contribution in [0.1, 0.15) is 6.42 Å². The van der Waals surface area contributed by atoms with Gasteiger partial charge in [0.15, 0.2) is 5.82 Å². The second-order valence-corrected chi connectivity index (χ2v) is 5.13. The number of nitrogens with zero attached hydrogens (tertiary/aromatic N) is 2. The highest BCUT2D eigenvalue weighted by Crippen LogP contribution is 2.22. The molecule has 0 atom stereocenters. The molecule has 0 saturated carbocycles. The predicted octanol–water partition coefficient (Wildman–Crippen LogP) is 2.85. The van der Waals surface area contributed by atoms with Gasteiger partial charge < -0.3 is 10.5 Å². The first kappa shape index (κ1) is 13.8. The number of nitrogen functional groups attached to an aromatic ring is 1. The zero-order valence-corrected chi connectivity index (χ0v) is 11.7. The third-order valence-electron chi connectivity index (χ3n) is 2.50. The van der Waals surface area contributed by atoms with Crippen molar-refractivity contribution in [2.75, 3.05) is 25.2 Å². The molecule has 2 N–H and O–H groups in total. The lowest BCUT2D eigenvalue weighted by Gasteiger charge is -2.05. The van der Waals surface area contributed by atoms with Gasteiger partial charge in [0.2, 0.25) is 0 Å². The Labute approximate surface area is 117 Å². The van der Waals surface area contributed by atoms with E-state index in [9.17, 15) is 0 Å². The largest absolute Gasteiger partial charge is 0.385 e. The maximum Gasteiger partial charge on any atom is 0.162 e. The molecule has 1 aromatic heterocycles. The maximum atomic E-state index is 5.84. The second kappa shape index (κ2) is 7.11. The van der Waals surface area contributed by atoms with Gasteiger partial charge in [-0.2, -0.15) is 0 Å². The number of ether oxygens (including phenoxy) is 1. The van der Waals surface area contributed by atoms with E-state index in [1.54, 1.807) is 18.9 Å². The lowest BCUT2D eigenvalue weighted by molar-refractivity contribution is 0.200. The van der Waals surface area contributed by atoms with Crippen LogP contribution in [-0.4, -0.2) is 29.4 Å². The van der Waals surface area contributed by atoms with E-state index in [0.29, 0.717) is 11.6 Å². The van der Waals surface area contributed by atoms with Gasteiger partial charge in [0.1, 0.15) is 10.8 Å². The number of thioether (sulfide) groups is 1. The summed E-state index contributed by atoms with van der Waals surface area (Å²) >= 11 is 1.67. The first-order valence-corrected chi connectivity index (χ1v) is 7.10. The van der Waals surface area contributed by atoms with Crippen LogP contribution in [-0.2, 0) is 4.74 Å². The van der Waals surface area contributed by atoms with Gasteiger partial charge in [-0.3, -0.25) is 0 Å². The van der Waals surface area contributed by atoms with Crippen molar-refractivity contribution in [2.24, 2.45) is 0 Å². The maximum absolute atomic E-state index is 5.84. The van der Waals surface area contributed by atoms with Gasteiger partial charge in [0, 0.05) is 31.1 Å². The number of rotatable bonds is 6. The summed E-state index contributed by atoms with van der Waals surface area (Å²) in [5.74, 6) is 2.14. The fourth-order valence-corrected chi connectivity index (χ4v) is 2.44. The Morgan fingerprint density at radius 1 is 1.21 bits per heavy atom. The summed E-state index contributed by atoms with van der Waals surface area (Å²) in [5, 5.41) is 0.905. The topological polar surface area (TPSA) is 61.0 Å². The molecule has 100 valence electrons. The van der Waals surface area contributed by atoms with Crippen LogP contribution in [0.2, 0.25) is 0 Å². The molecular formula is C14H17N3OS. The Hall–Kier alpha value is -1.59. The average molecular weight is 275 g/mol. The Morgan fingerprint density at radius 3 is 2.74 bits per heavy atom. The standard InChI is InChI=1S/C14H17N3OS/c1-18-8-5-9-19-13-10-12(15)16-14(17-13)11-6-3-2-4-7-11/h2-4,6-7,10H,5,8-9H2,1H3,(H2,15,16,17). The smallest absolute Gasteiger partial charge is 0.162 e. The van der Waals surface area contributed by atoms with E-state index in [-0.39, 0.29) is 0 Å². The number of aromatic nitrogens is 2. The van der Waals surface area contributed by atoms with Crippen molar-refractivity contribution in [3.8, 4) is 11.4 Å². The fraction of sp³-hybridized carbons (Fsp3) is 0.286. The number of hydrogen-bond acceptors (Lipinski definition) is 5. The Morgan fingerprint density at radius 2 is 2.00 bits per heavy atom. The van der Waals surface area contributed by atoms with Gasteiger partial charge in [-0.1, -0.05) is 30.3 Å². The van der Waals surface area contributed by atoms with E-state index < -0.39 is 0 Å². The first-order chi connectivity index (χ1) is 9.29. The van der Waals surface area contributed by atoms with Crippen molar-refractivity contribution in [2.45, 2.75) is 11.4 Å². The molecule has 5 heteroatoms. The van der Waals surface area contributed by atoms with Crippen LogP contribution in [0.3, 0.4) is 0 Å². The minimum atomic E-state index is 0.503. The highest BCUT2D eigenvalue weighted by Gasteiger charge is 2.05. The van der Waals surface area contributed by atoms with E-state index >= 15 is 0 Å². The molecule has 4 nitrogen and oxygen atoms in total. The van der Waals surface area contributed by atoms with Gasteiger partial charge in [-0.15, -0.1) is 11.8 Å². The lowest BCUT2D eigenvalue weighted by Crippen LogP contribution is -1.98. The van der Waals surface area contributed by atoms with Crippen molar-refractivity contribution in [3.05, 3.63) is 36.4 Å². The summed E-state index contributed by atoms with van der Waals surface area (Å²) in [5.41, 5.74) is 6.82. The molecule has 1 heterocycles. The number of benzene rings is 1. The lowest BCUT2D eigenvalue weighted by atomic mass is 10.2. The zero-order valence-electron chi connectivity index (χ0n) is 10.9. The van der Waals surface area contributed by atoms with Crippen molar-refractivity contribution in [1.82, 2.24) is 9.97 Å². The van der Waals surface area contributed by atoms with Crippen molar-refractivity contribution in [3.63, 3.8) is 0 Å². The Balaban J connectivity index is 2.11. The molecule has 0 aliphatic carbocycles. The van der Waals surface area contributed by atoms with E-state index in [1.165, 1.54) is 0 Å². The SMILES string of the molecule is COCCCSc1cc(N)nc(-c2ccccc2)n1. The fourth-order valence-electron chi connectivity index (χ4n) is 1.61. The molecule has 2 aromatic rings. The first-order valence-electron chi connectivity index (χ1n) is 6.11. The zero-order chi connectivity index (χ0) is 13.5. The summed E-state index contributed by atoms with van der Waals surface area (Å²) in [7, 11) is 1.71. The molecule has 0 fully saturated rings. The molecule has 0 aliphatic heterocycles. The minimum Gasteiger partial charge on any atom is -0.385 e. The Bertz CT molecular complexity index is 519. The van der Waals surface area contributed by atoms with Crippen molar-refractivity contribution < 1.29 is 4.74 Å². The second-order valence-electron chi connectivity index (χ2n) is 4.02. The van der Waals surface area contributed by atoms with Crippen LogP contribution in [0.4, 0.5) is 5.82 Å². The third kappa shape index (κ3) is 4.22. The molecule has 0 unspecified atom stereocenters. The molecule has 19 heavy (non-hydrogen) atoms. The number of methoxy groups -OCH3 is 1. The summed E-state index contributed by atoms with van der Waals surface area (Å²) < 4.78 is 5.03. The van der Waals surface area contributed by atoms with E-state index in [2.05, 4.69) is 9.97 Å². The summed E-state index contributed by atoms with van der Waals surface area (Å²) in [6.07, 6.45) is 0.992. The summed E-state index contributed by atoms with van der Waals surface area (Å²) in [6, 6.07) is 11.7. The predicted molar refractivity (Wildman–Crippen MR) is 79.1 cm³/mol. The summed E-state index contributed by atoms with van der Waals surface area (Å²) in [6.45, 7) is 0.763. The van der Waals surface area contributed by atoms with Crippen LogP contribution in [0.15, 0.2) is 41.4 Å². The number of nitrogens with two attached hydrogens (primary N) is 1. The van der Waals surface area contributed by atoms with Gasteiger partial charge in [0.05, 0.1) is 0 Å².